The minimum Gasteiger partial charge on any atom is -0.508 e. The molecule has 0 amide bonds. The molecule has 2 nitrogen and oxygen atoms in total. The van der Waals surface area contributed by atoms with Crippen LogP contribution in [0.3, 0.4) is 0 Å². The first-order chi connectivity index (χ1) is 5.52. The number of hydrogen-bond donors (Lipinski definition) is 2. The minimum absolute atomic E-state index is 0.106. The molecule has 1 aromatic rings. The van der Waals surface area contributed by atoms with Crippen LogP contribution in [0.2, 0.25) is 0 Å². The predicted octanol–water partition coefficient (Wildman–Crippen LogP) is 2.31. The van der Waals surface area contributed by atoms with Crippen LogP contribution in [0.1, 0.15) is 18.5 Å². The molecule has 1 aromatic carbocycles. The summed E-state index contributed by atoms with van der Waals surface area (Å²) in [5.74, 6) is -0.595. The standard InChI is InChI=1S/C8H9BrFNO/c1-4(11)5-2-6(9)7(10)3-8(5)12/h2-4,12H,11H2,1H3/t4-/m1/s1. The van der Waals surface area contributed by atoms with E-state index in [4.69, 9.17) is 5.73 Å². The van der Waals surface area contributed by atoms with Crippen molar-refractivity contribution in [3.63, 3.8) is 0 Å². The van der Waals surface area contributed by atoms with Gasteiger partial charge in [0.15, 0.2) is 0 Å². The van der Waals surface area contributed by atoms with Crippen LogP contribution in [0.4, 0.5) is 4.39 Å². The zero-order chi connectivity index (χ0) is 9.30. The summed E-state index contributed by atoms with van der Waals surface area (Å²) < 4.78 is 13.1. The van der Waals surface area contributed by atoms with E-state index in [9.17, 15) is 9.50 Å². The van der Waals surface area contributed by atoms with Gasteiger partial charge in [0.1, 0.15) is 11.6 Å². The molecule has 3 N–H and O–H groups in total. The third-order valence-electron chi connectivity index (χ3n) is 1.56. The summed E-state index contributed by atoms with van der Waals surface area (Å²) >= 11 is 3.01. The molecule has 4 heteroatoms. The Hall–Kier alpha value is -0.610. The molecule has 1 rings (SSSR count). The van der Waals surface area contributed by atoms with E-state index in [0.717, 1.165) is 6.07 Å². The molecular formula is C8H9BrFNO. The van der Waals surface area contributed by atoms with Crippen LogP contribution in [0.15, 0.2) is 16.6 Å². The molecule has 1 atom stereocenters. The summed E-state index contributed by atoms with van der Waals surface area (Å²) in [4.78, 5) is 0. The average Bonchev–Trinajstić information content (AvgIpc) is 1.96. The average molecular weight is 234 g/mol. The number of aromatic hydroxyl groups is 1. The second-order valence-corrected chi connectivity index (χ2v) is 3.47. The lowest BCUT2D eigenvalue weighted by atomic mass is 10.1. The van der Waals surface area contributed by atoms with Gasteiger partial charge in [0.25, 0.3) is 0 Å². The van der Waals surface area contributed by atoms with Crippen molar-refractivity contribution in [2.75, 3.05) is 0 Å². The molecule has 0 bridgehead atoms. The fourth-order valence-corrected chi connectivity index (χ4v) is 1.28. The van der Waals surface area contributed by atoms with E-state index in [1.165, 1.54) is 6.07 Å². The smallest absolute Gasteiger partial charge is 0.141 e. The maximum atomic E-state index is 12.8. The summed E-state index contributed by atoms with van der Waals surface area (Å²) in [6.45, 7) is 1.72. The van der Waals surface area contributed by atoms with Crippen molar-refractivity contribution in [3.8, 4) is 5.75 Å². The quantitative estimate of drug-likeness (QED) is 0.783. The molecule has 0 aliphatic rings. The molecular weight excluding hydrogens is 225 g/mol. The molecule has 0 fully saturated rings. The predicted molar refractivity (Wildman–Crippen MR) is 48.4 cm³/mol. The lowest BCUT2D eigenvalue weighted by Crippen LogP contribution is -2.05. The van der Waals surface area contributed by atoms with Gasteiger partial charge in [-0.3, -0.25) is 0 Å². The van der Waals surface area contributed by atoms with E-state index in [1.807, 2.05) is 0 Å². The Morgan fingerprint density at radius 2 is 2.17 bits per heavy atom. The van der Waals surface area contributed by atoms with Gasteiger partial charge in [0, 0.05) is 17.7 Å². The Morgan fingerprint density at radius 1 is 1.58 bits per heavy atom. The SMILES string of the molecule is C[C@@H](N)c1cc(Br)c(F)cc1O. The van der Waals surface area contributed by atoms with Gasteiger partial charge >= 0.3 is 0 Å². The molecule has 0 unspecified atom stereocenters. The molecule has 0 radical (unpaired) electrons. The number of benzene rings is 1. The van der Waals surface area contributed by atoms with E-state index in [-0.39, 0.29) is 11.8 Å². The van der Waals surface area contributed by atoms with Gasteiger partial charge in [-0.1, -0.05) is 0 Å². The molecule has 0 aromatic heterocycles. The number of nitrogens with two attached hydrogens (primary N) is 1. The highest BCUT2D eigenvalue weighted by atomic mass is 79.9. The third kappa shape index (κ3) is 1.76. The van der Waals surface area contributed by atoms with E-state index < -0.39 is 5.82 Å². The van der Waals surface area contributed by atoms with Crippen molar-refractivity contribution < 1.29 is 9.50 Å². The van der Waals surface area contributed by atoms with Crippen LogP contribution in [0.5, 0.6) is 5.75 Å². The van der Waals surface area contributed by atoms with Crippen molar-refractivity contribution in [3.05, 3.63) is 28.0 Å². The molecule has 0 spiro atoms. The normalized spacial score (nSPS) is 13.0. The summed E-state index contributed by atoms with van der Waals surface area (Å²) in [6.07, 6.45) is 0. The highest BCUT2D eigenvalue weighted by Gasteiger charge is 2.09. The van der Waals surface area contributed by atoms with Crippen LogP contribution < -0.4 is 5.73 Å². The summed E-state index contributed by atoms with van der Waals surface area (Å²) in [5, 5.41) is 9.25. The van der Waals surface area contributed by atoms with E-state index in [1.54, 1.807) is 6.92 Å². The second kappa shape index (κ2) is 3.41. The molecule has 66 valence electrons. The van der Waals surface area contributed by atoms with Crippen molar-refractivity contribution in [1.82, 2.24) is 0 Å². The van der Waals surface area contributed by atoms with E-state index in [0.29, 0.717) is 10.0 Å². The van der Waals surface area contributed by atoms with Crippen molar-refractivity contribution in [1.29, 1.82) is 0 Å². The van der Waals surface area contributed by atoms with Crippen molar-refractivity contribution in [2.45, 2.75) is 13.0 Å². The van der Waals surface area contributed by atoms with Gasteiger partial charge in [-0.05, 0) is 28.9 Å². The Labute approximate surface area is 78.3 Å². The van der Waals surface area contributed by atoms with E-state index >= 15 is 0 Å². The number of hydrogen-bond acceptors (Lipinski definition) is 2. The highest BCUT2D eigenvalue weighted by molar-refractivity contribution is 9.10. The summed E-state index contributed by atoms with van der Waals surface area (Å²) in [6, 6.07) is 2.22. The molecule has 12 heavy (non-hydrogen) atoms. The molecule has 0 saturated heterocycles. The fraction of sp³-hybridized carbons (Fsp3) is 0.250. The van der Waals surface area contributed by atoms with Crippen molar-refractivity contribution >= 4 is 15.9 Å². The maximum absolute atomic E-state index is 12.8. The van der Waals surface area contributed by atoms with Gasteiger partial charge in [-0.2, -0.15) is 0 Å². The second-order valence-electron chi connectivity index (χ2n) is 2.61. The fourth-order valence-electron chi connectivity index (χ4n) is 0.916. The summed E-state index contributed by atoms with van der Waals surface area (Å²) in [7, 11) is 0. The lowest BCUT2D eigenvalue weighted by molar-refractivity contribution is 0.457. The Kier molecular flexibility index (Phi) is 2.69. The number of halogens is 2. The first kappa shape index (κ1) is 9.48. The van der Waals surface area contributed by atoms with Gasteiger partial charge in [-0.25, -0.2) is 4.39 Å². The van der Waals surface area contributed by atoms with Gasteiger partial charge < -0.3 is 10.8 Å². The Balaban J connectivity index is 3.23. The Morgan fingerprint density at radius 3 is 2.67 bits per heavy atom. The summed E-state index contributed by atoms with van der Waals surface area (Å²) in [5.41, 5.74) is 6.06. The minimum atomic E-state index is -0.489. The number of rotatable bonds is 1. The van der Waals surface area contributed by atoms with Gasteiger partial charge in [-0.15, -0.1) is 0 Å². The zero-order valence-corrected chi connectivity index (χ0v) is 8.10. The highest BCUT2D eigenvalue weighted by Crippen LogP contribution is 2.28. The first-order valence-corrected chi connectivity index (χ1v) is 4.25. The van der Waals surface area contributed by atoms with Crippen LogP contribution in [0, 0.1) is 5.82 Å². The van der Waals surface area contributed by atoms with Crippen molar-refractivity contribution in [2.24, 2.45) is 5.73 Å². The van der Waals surface area contributed by atoms with Crippen LogP contribution in [-0.4, -0.2) is 5.11 Å². The van der Waals surface area contributed by atoms with E-state index in [2.05, 4.69) is 15.9 Å². The van der Waals surface area contributed by atoms with Crippen LogP contribution in [-0.2, 0) is 0 Å². The van der Waals surface area contributed by atoms with Gasteiger partial charge in [0.2, 0.25) is 0 Å². The maximum Gasteiger partial charge on any atom is 0.141 e. The number of phenols is 1. The van der Waals surface area contributed by atoms with Crippen LogP contribution in [0.25, 0.3) is 0 Å². The lowest BCUT2D eigenvalue weighted by Gasteiger charge is -2.08. The zero-order valence-electron chi connectivity index (χ0n) is 6.51. The molecule has 0 heterocycles. The first-order valence-electron chi connectivity index (χ1n) is 3.46. The Bertz CT molecular complexity index is 301. The monoisotopic (exact) mass is 233 g/mol. The molecule has 0 aliphatic heterocycles. The van der Waals surface area contributed by atoms with Gasteiger partial charge in [0.05, 0.1) is 4.47 Å². The molecule has 0 aliphatic carbocycles. The third-order valence-corrected chi connectivity index (χ3v) is 2.17. The number of phenolic OH excluding ortho intramolecular Hbond substituents is 1. The topological polar surface area (TPSA) is 46.2 Å². The molecule has 0 saturated carbocycles. The largest absolute Gasteiger partial charge is 0.508 e. The van der Waals surface area contributed by atoms with Crippen LogP contribution >= 0.6 is 15.9 Å².